The molecule has 0 aliphatic rings. The lowest BCUT2D eigenvalue weighted by atomic mass is 10.3. The van der Waals surface area contributed by atoms with E-state index in [0.717, 1.165) is 11.3 Å². The molecule has 3 rings (SSSR count). The van der Waals surface area contributed by atoms with Crippen LogP contribution in [-0.2, 0) is 9.84 Å². The Labute approximate surface area is 147 Å². The van der Waals surface area contributed by atoms with Crippen molar-refractivity contribution < 1.29 is 8.42 Å². The highest BCUT2D eigenvalue weighted by atomic mass is 35.5. The Bertz CT molecular complexity index is 996. The minimum absolute atomic E-state index is 0.0458. The number of hydrogen-bond acceptors (Lipinski definition) is 8. The third kappa shape index (κ3) is 2.76. The number of rotatable bonds is 4. The normalized spacial score (nSPS) is 12.0. The Morgan fingerprint density at radius 1 is 1.33 bits per heavy atom. The highest BCUT2D eigenvalue weighted by molar-refractivity contribution is 7.93. The van der Waals surface area contributed by atoms with Crippen LogP contribution in [0, 0.1) is 0 Å². The van der Waals surface area contributed by atoms with E-state index >= 15 is 0 Å². The van der Waals surface area contributed by atoms with E-state index in [9.17, 15) is 8.42 Å². The predicted octanol–water partition coefficient (Wildman–Crippen LogP) is 2.20. The van der Waals surface area contributed by atoms with Crippen molar-refractivity contribution in [2.75, 3.05) is 5.73 Å². The van der Waals surface area contributed by atoms with E-state index in [1.54, 1.807) is 32.2 Å². The number of aromatic nitrogens is 5. The molecule has 126 valence electrons. The highest BCUT2D eigenvalue weighted by Crippen LogP contribution is 2.33. The molecular weight excluding hydrogens is 372 g/mol. The number of anilines is 1. The summed E-state index contributed by atoms with van der Waals surface area (Å²) in [6.07, 6.45) is 3.05. The van der Waals surface area contributed by atoms with Gasteiger partial charge >= 0.3 is 0 Å². The van der Waals surface area contributed by atoms with Crippen LogP contribution in [0.3, 0.4) is 0 Å². The lowest BCUT2D eigenvalue weighted by molar-refractivity contribution is 0.585. The second-order valence-electron chi connectivity index (χ2n) is 5.13. The minimum atomic E-state index is -3.49. The van der Waals surface area contributed by atoms with Gasteiger partial charge in [0, 0.05) is 6.20 Å². The maximum Gasteiger partial charge on any atom is 0.233 e. The summed E-state index contributed by atoms with van der Waals surface area (Å²) in [5.74, 6) is 0.628. The Morgan fingerprint density at radius 3 is 2.75 bits per heavy atom. The van der Waals surface area contributed by atoms with Gasteiger partial charge in [-0.05, 0) is 26.0 Å². The molecule has 0 amide bonds. The van der Waals surface area contributed by atoms with Crippen molar-refractivity contribution >= 4 is 38.6 Å². The van der Waals surface area contributed by atoms with E-state index in [1.807, 2.05) is 0 Å². The Kier molecular flexibility index (Phi) is 4.28. The number of sulfone groups is 1. The molecule has 0 spiro atoms. The smallest absolute Gasteiger partial charge is 0.233 e. The van der Waals surface area contributed by atoms with Gasteiger partial charge in [-0.1, -0.05) is 22.9 Å². The zero-order valence-electron chi connectivity index (χ0n) is 12.7. The van der Waals surface area contributed by atoms with Crippen LogP contribution in [-0.4, -0.2) is 38.6 Å². The number of halogens is 1. The second kappa shape index (κ2) is 6.11. The first-order chi connectivity index (χ1) is 11.3. The van der Waals surface area contributed by atoms with Gasteiger partial charge in [-0.3, -0.25) is 0 Å². The lowest BCUT2D eigenvalue weighted by Crippen LogP contribution is -2.13. The molecule has 0 atom stereocenters. The Balaban J connectivity index is 2.05. The largest absolute Gasteiger partial charge is 0.383 e. The van der Waals surface area contributed by atoms with Crippen molar-refractivity contribution in [1.82, 2.24) is 25.0 Å². The van der Waals surface area contributed by atoms with Gasteiger partial charge in [-0.25, -0.2) is 13.4 Å². The minimum Gasteiger partial charge on any atom is -0.383 e. The predicted molar refractivity (Wildman–Crippen MR) is 92.0 cm³/mol. The SMILES string of the molecule is CC(C)S(=O)(=O)c1nnc(-c2cnn(-c3ncccc3Cl)c2N)s1. The van der Waals surface area contributed by atoms with Gasteiger partial charge in [0.15, 0.2) is 10.8 Å². The molecule has 0 bridgehead atoms. The fraction of sp³-hybridized carbons (Fsp3) is 0.231. The molecule has 0 aliphatic heterocycles. The zero-order chi connectivity index (χ0) is 17.5. The first-order valence-electron chi connectivity index (χ1n) is 6.84. The maximum atomic E-state index is 12.2. The third-order valence-corrected chi connectivity index (χ3v) is 7.05. The number of nitrogens with two attached hydrogens (primary N) is 1. The third-order valence-electron chi connectivity index (χ3n) is 3.25. The summed E-state index contributed by atoms with van der Waals surface area (Å²) in [6, 6.07) is 3.36. The summed E-state index contributed by atoms with van der Waals surface area (Å²) >= 11 is 7.05. The summed E-state index contributed by atoms with van der Waals surface area (Å²) in [5.41, 5.74) is 6.58. The summed E-state index contributed by atoms with van der Waals surface area (Å²) in [7, 11) is -3.49. The lowest BCUT2D eigenvalue weighted by Gasteiger charge is -2.04. The summed E-state index contributed by atoms with van der Waals surface area (Å²) < 4.78 is 25.6. The summed E-state index contributed by atoms with van der Waals surface area (Å²) in [5, 5.41) is 12.0. The van der Waals surface area contributed by atoms with E-state index in [-0.39, 0.29) is 10.2 Å². The van der Waals surface area contributed by atoms with Crippen molar-refractivity contribution in [3.05, 3.63) is 29.5 Å². The molecule has 11 heteroatoms. The second-order valence-corrected chi connectivity index (χ2v) is 9.19. The van der Waals surface area contributed by atoms with Crippen molar-refractivity contribution in [1.29, 1.82) is 0 Å². The summed E-state index contributed by atoms with van der Waals surface area (Å²) in [6.45, 7) is 3.18. The Hall–Kier alpha value is -2.04. The van der Waals surface area contributed by atoms with Crippen LogP contribution < -0.4 is 5.73 Å². The monoisotopic (exact) mass is 384 g/mol. The van der Waals surface area contributed by atoms with Gasteiger partial charge in [-0.2, -0.15) is 9.78 Å². The molecule has 0 unspecified atom stereocenters. The first kappa shape index (κ1) is 16.8. The average Bonchev–Trinajstić information content (AvgIpc) is 3.15. The molecule has 0 saturated carbocycles. The van der Waals surface area contributed by atoms with Gasteiger partial charge in [0.1, 0.15) is 5.82 Å². The van der Waals surface area contributed by atoms with Crippen molar-refractivity contribution in [3.8, 4) is 16.4 Å². The molecule has 3 aromatic rings. The molecule has 0 radical (unpaired) electrons. The maximum absolute atomic E-state index is 12.2. The quantitative estimate of drug-likeness (QED) is 0.732. The molecule has 0 aliphatic carbocycles. The Morgan fingerprint density at radius 2 is 2.08 bits per heavy atom. The van der Waals surface area contributed by atoms with Crippen LogP contribution in [0.2, 0.25) is 5.02 Å². The molecule has 8 nitrogen and oxygen atoms in total. The molecule has 24 heavy (non-hydrogen) atoms. The fourth-order valence-electron chi connectivity index (χ4n) is 1.86. The van der Waals surface area contributed by atoms with Gasteiger partial charge in [0.2, 0.25) is 14.2 Å². The average molecular weight is 385 g/mol. The summed E-state index contributed by atoms with van der Waals surface area (Å²) in [4.78, 5) is 4.14. The van der Waals surface area contributed by atoms with Crippen molar-refractivity contribution in [3.63, 3.8) is 0 Å². The molecule has 0 fully saturated rings. The van der Waals surface area contributed by atoms with Crippen molar-refractivity contribution in [2.45, 2.75) is 23.4 Å². The number of nitrogen functional groups attached to an aromatic ring is 1. The molecule has 3 heterocycles. The molecule has 3 aromatic heterocycles. The van der Waals surface area contributed by atoms with Crippen LogP contribution in [0.25, 0.3) is 16.4 Å². The van der Waals surface area contributed by atoms with Crippen LogP contribution >= 0.6 is 22.9 Å². The molecular formula is C13H13ClN6O2S2. The zero-order valence-corrected chi connectivity index (χ0v) is 15.1. The van der Waals surface area contributed by atoms with Crippen LogP contribution in [0.5, 0.6) is 0 Å². The topological polar surface area (TPSA) is 117 Å². The van der Waals surface area contributed by atoms with Gasteiger partial charge in [-0.15, -0.1) is 10.2 Å². The first-order valence-corrected chi connectivity index (χ1v) is 9.58. The van der Waals surface area contributed by atoms with E-state index in [2.05, 4.69) is 20.3 Å². The molecule has 0 saturated heterocycles. The molecule has 2 N–H and O–H groups in total. The van der Waals surface area contributed by atoms with E-state index in [1.165, 1.54) is 10.9 Å². The van der Waals surface area contributed by atoms with Gasteiger partial charge in [0.25, 0.3) is 0 Å². The fourth-order valence-corrected chi connectivity index (χ4v) is 4.49. The number of pyridine rings is 1. The van der Waals surface area contributed by atoms with E-state index in [0.29, 0.717) is 21.4 Å². The van der Waals surface area contributed by atoms with Crippen molar-refractivity contribution in [2.24, 2.45) is 0 Å². The number of nitrogens with zero attached hydrogens (tertiary/aromatic N) is 5. The van der Waals surface area contributed by atoms with Gasteiger partial charge in [0.05, 0.1) is 22.0 Å². The van der Waals surface area contributed by atoms with Crippen LogP contribution in [0.15, 0.2) is 28.9 Å². The van der Waals surface area contributed by atoms with Crippen LogP contribution in [0.4, 0.5) is 5.82 Å². The highest BCUT2D eigenvalue weighted by Gasteiger charge is 2.26. The van der Waals surface area contributed by atoms with Gasteiger partial charge < -0.3 is 5.73 Å². The van der Waals surface area contributed by atoms with E-state index < -0.39 is 15.1 Å². The van der Waals surface area contributed by atoms with Crippen LogP contribution in [0.1, 0.15) is 13.8 Å². The standard InChI is InChI=1S/C13H13ClN6O2S2/c1-7(2)24(21,22)13-19-18-12(23-13)8-6-17-20(10(8)15)11-9(14)4-3-5-16-11/h3-7H,15H2,1-2H3. The molecule has 0 aromatic carbocycles. The number of hydrogen-bond donors (Lipinski definition) is 1. The van der Waals surface area contributed by atoms with E-state index in [4.69, 9.17) is 17.3 Å².